The lowest BCUT2D eigenvalue weighted by atomic mass is 10.1. The molecule has 0 spiro atoms. The van der Waals surface area contributed by atoms with Crippen molar-refractivity contribution < 1.29 is 0 Å². The van der Waals surface area contributed by atoms with Crippen molar-refractivity contribution >= 4 is 5.96 Å². The second kappa shape index (κ2) is 6.67. The molecular formula is C11H24N4. The van der Waals surface area contributed by atoms with Gasteiger partial charge in [-0.3, -0.25) is 10.4 Å². The topological polar surface area (TPSA) is 62.4 Å². The first kappa shape index (κ1) is 12.3. The van der Waals surface area contributed by atoms with Crippen LogP contribution in [0.2, 0.25) is 0 Å². The predicted octanol–water partition coefficient (Wildman–Crippen LogP) is 1.24. The Kier molecular flexibility index (Phi) is 5.47. The van der Waals surface area contributed by atoms with Gasteiger partial charge in [0.05, 0.1) is 0 Å². The Hall–Kier alpha value is -0.770. The number of nitrogens with one attached hydrogen (secondary N) is 2. The predicted molar refractivity (Wildman–Crippen MR) is 64.4 cm³/mol. The van der Waals surface area contributed by atoms with Gasteiger partial charge in [-0.05, 0) is 24.7 Å². The van der Waals surface area contributed by atoms with Crippen molar-refractivity contribution in [1.29, 1.82) is 0 Å². The summed E-state index contributed by atoms with van der Waals surface area (Å²) in [7, 11) is 0. The van der Waals surface area contributed by atoms with Crippen LogP contribution in [0.3, 0.4) is 0 Å². The molecule has 0 saturated heterocycles. The molecule has 0 amide bonds. The van der Waals surface area contributed by atoms with E-state index in [1.54, 1.807) is 0 Å². The quantitative estimate of drug-likeness (QED) is 0.284. The van der Waals surface area contributed by atoms with Gasteiger partial charge in [-0.1, -0.05) is 26.7 Å². The van der Waals surface area contributed by atoms with Crippen LogP contribution in [0.15, 0.2) is 4.99 Å². The molecule has 1 fully saturated rings. The van der Waals surface area contributed by atoms with Crippen LogP contribution in [-0.2, 0) is 0 Å². The van der Waals surface area contributed by atoms with Crippen LogP contribution < -0.4 is 16.6 Å². The molecule has 0 atom stereocenters. The number of aliphatic imine (C=N–C) groups is 1. The van der Waals surface area contributed by atoms with Crippen LogP contribution in [0.5, 0.6) is 0 Å². The molecule has 4 nitrogen and oxygen atoms in total. The van der Waals surface area contributed by atoms with Crippen LogP contribution in [-0.4, -0.2) is 19.0 Å². The standard InChI is InChI=1S/C11H24N4/c1-9(2)7-13-11(15-12)14-8-10-5-3-4-6-10/h9-10H,3-8,12H2,1-2H3,(H2,13,14,15). The fourth-order valence-corrected chi connectivity index (χ4v) is 1.88. The molecule has 4 N–H and O–H groups in total. The number of nitrogens with zero attached hydrogens (tertiary/aromatic N) is 1. The third-order valence-electron chi connectivity index (χ3n) is 2.78. The summed E-state index contributed by atoms with van der Waals surface area (Å²) in [5.74, 6) is 7.51. The third kappa shape index (κ3) is 5.02. The van der Waals surface area contributed by atoms with Crippen LogP contribution in [0, 0.1) is 11.8 Å². The molecule has 15 heavy (non-hydrogen) atoms. The minimum absolute atomic E-state index is 0.571. The molecule has 0 aliphatic heterocycles. The zero-order valence-corrected chi connectivity index (χ0v) is 9.92. The van der Waals surface area contributed by atoms with E-state index >= 15 is 0 Å². The van der Waals surface area contributed by atoms with Crippen molar-refractivity contribution in [3.63, 3.8) is 0 Å². The number of hydrazine groups is 1. The zero-order valence-electron chi connectivity index (χ0n) is 9.92. The van der Waals surface area contributed by atoms with Crippen LogP contribution in [0.25, 0.3) is 0 Å². The molecular weight excluding hydrogens is 188 g/mol. The molecule has 0 bridgehead atoms. The van der Waals surface area contributed by atoms with E-state index in [-0.39, 0.29) is 0 Å². The number of guanidine groups is 1. The van der Waals surface area contributed by atoms with Crippen molar-refractivity contribution in [1.82, 2.24) is 10.7 Å². The molecule has 1 saturated carbocycles. The lowest BCUT2D eigenvalue weighted by molar-refractivity contribution is 0.530. The third-order valence-corrected chi connectivity index (χ3v) is 2.78. The highest BCUT2D eigenvalue weighted by Gasteiger charge is 2.14. The average Bonchev–Trinajstić information content (AvgIpc) is 2.70. The molecule has 0 aromatic carbocycles. The smallest absolute Gasteiger partial charge is 0.205 e. The van der Waals surface area contributed by atoms with E-state index < -0.39 is 0 Å². The maximum Gasteiger partial charge on any atom is 0.205 e. The highest BCUT2D eigenvalue weighted by molar-refractivity contribution is 5.79. The molecule has 4 heteroatoms. The van der Waals surface area contributed by atoms with Gasteiger partial charge >= 0.3 is 0 Å². The Morgan fingerprint density at radius 2 is 2.07 bits per heavy atom. The van der Waals surface area contributed by atoms with E-state index in [9.17, 15) is 0 Å². The van der Waals surface area contributed by atoms with Gasteiger partial charge < -0.3 is 5.32 Å². The van der Waals surface area contributed by atoms with Gasteiger partial charge in [0.2, 0.25) is 5.96 Å². The summed E-state index contributed by atoms with van der Waals surface area (Å²) in [4.78, 5) is 4.37. The van der Waals surface area contributed by atoms with Crippen LogP contribution in [0.1, 0.15) is 39.5 Å². The Morgan fingerprint density at radius 1 is 1.40 bits per heavy atom. The average molecular weight is 212 g/mol. The van der Waals surface area contributed by atoms with Gasteiger partial charge in [0.1, 0.15) is 0 Å². The van der Waals surface area contributed by atoms with E-state index in [1.807, 2.05) is 0 Å². The van der Waals surface area contributed by atoms with Gasteiger partial charge in [0.25, 0.3) is 0 Å². The van der Waals surface area contributed by atoms with Crippen molar-refractivity contribution in [3.05, 3.63) is 0 Å². The Bertz CT molecular complexity index is 195. The van der Waals surface area contributed by atoms with E-state index in [0.717, 1.165) is 25.0 Å². The summed E-state index contributed by atoms with van der Waals surface area (Å²) in [6.45, 7) is 6.11. The monoisotopic (exact) mass is 212 g/mol. The number of rotatable bonds is 4. The lowest BCUT2D eigenvalue weighted by Gasteiger charge is -2.13. The largest absolute Gasteiger partial charge is 0.355 e. The fraction of sp³-hybridized carbons (Fsp3) is 0.909. The van der Waals surface area contributed by atoms with Crippen molar-refractivity contribution in [2.45, 2.75) is 39.5 Å². The first-order chi connectivity index (χ1) is 7.22. The highest BCUT2D eigenvalue weighted by Crippen LogP contribution is 2.23. The van der Waals surface area contributed by atoms with Gasteiger partial charge in [0.15, 0.2) is 0 Å². The summed E-state index contributed by atoms with van der Waals surface area (Å²) in [5, 5.41) is 3.28. The van der Waals surface area contributed by atoms with Gasteiger partial charge in [0, 0.05) is 13.1 Å². The molecule has 0 radical (unpaired) electrons. The Balaban J connectivity index is 2.23. The first-order valence-corrected chi connectivity index (χ1v) is 5.97. The van der Waals surface area contributed by atoms with Crippen molar-refractivity contribution in [2.24, 2.45) is 22.7 Å². The zero-order chi connectivity index (χ0) is 11.1. The second-order valence-electron chi connectivity index (χ2n) is 4.76. The maximum atomic E-state index is 5.40. The fourth-order valence-electron chi connectivity index (χ4n) is 1.88. The van der Waals surface area contributed by atoms with Gasteiger partial charge in [-0.15, -0.1) is 0 Å². The normalized spacial score (nSPS) is 18.5. The van der Waals surface area contributed by atoms with E-state index in [1.165, 1.54) is 25.7 Å². The molecule has 88 valence electrons. The summed E-state index contributed by atoms with van der Waals surface area (Å²) in [6.07, 6.45) is 5.44. The molecule has 0 aromatic rings. The molecule has 1 aliphatic carbocycles. The number of nitrogens with two attached hydrogens (primary N) is 1. The molecule has 0 unspecified atom stereocenters. The molecule has 0 heterocycles. The van der Waals surface area contributed by atoms with Crippen LogP contribution >= 0.6 is 0 Å². The summed E-state index contributed by atoms with van der Waals surface area (Å²) < 4.78 is 0. The van der Waals surface area contributed by atoms with Crippen molar-refractivity contribution in [3.8, 4) is 0 Å². The molecule has 0 aromatic heterocycles. The number of hydrogen-bond acceptors (Lipinski definition) is 2. The number of hydrogen-bond donors (Lipinski definition) is 3. The van der Waals surface area contributed by atoms with Gasteiger partial charge in [-0.2, -0.15) is 0 Å². The minimum Gasteiger partial charge on any atom is -0.355 e. The first-order valence-electron chi connectivity index (χ1n) is 5.97. The molecule has 1 rings (SSSR count). The highest BCUT2D eigenvalue weighted by atomic mass is 15.3. The summed E-state index contributed by atoms with van der Waals surface area (Å²) in [6, 6.07) is 0. The summed E-state index contributed by atoms with van der Waals surface area (Å²) >= 11 is 0. The maximum absolute atomic E-state index is 5.40. The molecule has 1 aliphatic rings. The van der Waals surface area contributed by atoms with E-state index in [2.05, 4.69) is 29.6 Å². The lowest BCUT2D eigenvalue weighted by Crippen LogP contribution is -2.43. The summed E-state index contributed by atoms with van der Waals surface area (Å²) in [5.41, 5.74) is 2.62. The van der Waals surface area contributed by atoms with E-state index in [4.69, 9.17) is 5.84 Å². The Labute approximate surface area is 92.7 Å². The second-order valence-corrected chi connectivity index (χ2v) is 4.76. The Morgan fingerprint density at radius 3 is 2.60 bits per heavy atom. The van der Waals surface area contributed by atoms with Crippen molar-refractivity contribution in [2.75, 3.05) is 13.1 Å². The van der Waals surface area contributed by atoms with E-state index in [0.29, 0.717) is 5.92 Å². The van der Waals surface area contributed by atoms with Crippen LogP contribution in [0.4, 0.5) is 0 Å². The minimum atomic E-state index is 0.571. The van der Waals surface area contributed by atoms with Gasteiger partial charge in [-0.25, -0.2) is 5.84 Å². The SMILES string of the molecule is CC(C)CN=C(NN)NCC1CCCC1.